The van der Waals surface area contributed by atoms with E-state index in [1.54, 1.807) is 6.20 Å². The number of carboxylic acids is 1. The highest BCUT2D eigenvalue weighted by molar-refractivity contribution is 7.51. The topological polar surface area (TPSA) is 164 Å². The van der Waals surface area contributed by atoms with Crippen molar-refractivity contribution in [2.75, 3.05) is 26.0 Å². The van der Waals surface area contributed by atoms with E-state index >= 15 is 0 Å². The monoisotopic (exact) mass is 555 g/mol. The Morgan fingerprint density at radius 3 is 2.69 bits per heavy atom. The third kappa shape index (κ3) is 7.16. The van der Waals surface area contributed by atoms with Gasteiger partial charge in [0.25, 0.3) is 0 Å². The first-order valence-corrected chi connectivity index (χ1v) is 14.6. The van der Waals surface area contributed by atoms with Gasteiger partial charge in [-0.05, 0) is 67.2 Å². The van der Waals surface area contributed by atoms with E-state index in [1.807, 2.05) is 55.5 Å². The summed E-state index contributed by atoms with van der Waals surface area (Å²) in [7, 11) is -4.05. The van der Waals surface area contributed by atoms with Gasteiger partial charge < -0.3 is 35.4 Å². The Bertz CT molecular complexity index is 1350. The number of allylic oxidation sites excluding steroid dienone is 5. The van der Waals surface area contributed by atoms with Gasteiger partial charge in [-0.15, -0.1) is 0 Å². The maximum atomic E-state index is 11.2. The standard InChI is InChI=1S/C28H34N3O7P/c1-19-17-23(38-14-13-37-15-16-39(34,35)36)9-5-20(19)4-7-22-8-10-24-25(29)18-30-27-21(6-11-26(32)33)3-2-12-28(24,27)31-22/h2-3,5,8-10,12,17-18,31H,4,6-7,11,13-16,29H2,1H3,(H,32,33)(H2,34,35,36). The third-order valence-corrected chi connectivity index (χ3v) is 7.57. The smallest absolute Gasteiger partial charge is 0.327 e. The summed E-state index contributed by atoms with van der Waals surface area (Å²) in [6.07, 6.45) is 13.2. The zero-order chi connectivity index (χ0) is 28.0. The fourth-order valence-electron chi connectivity index (χ4n) is 4.83. The number of hydrogen-bond acceptors (Lipinski definition) is 7. The summed E-state index contributed by atoms with van der Waals surface area (Å²) in [5, 5.41) is 12.8. The van der Waals surface area contributed by atoms with Crippen LogP contribution in [0.15, 0.2) is 82.3 Å². The third-order valence-electron chi connectivity index (χ3n) is 6.81. The summed E-state index contributed by atoms with van der Waals surface area (Å²) < 4.78 is 21.8. The van der Waals surface area contributed by atoms with E-state index in [-0.39, 0.29) is 32.4 Å². The molecule has 1 aliphatic carbocycles. The summed E-state index contributed by atoms with van der Waals surface area (Å²) in [6, 6.07) is 5.90. The molecule has 1 spiro atoms. The minimum atomic E-state index is -4.05. The average Bonchev–Trinajstić information content (AvgIpc) is 2.87. The predicted molar refractivity (Wildman–Crippen MR) is 149 cm³/mol. The molecule has 208 valence electrons. The summed E-state index contributed by atoms with van der Waals surface area (Å²) in [5.74, 6) is -0.146. The average molecular weight is 556 g/mol. The number of benzene rings is 1. The molecule has 0 fully saturated rings. The van der Waals surface area contributed by atoms with Gasteiger partial charge in [-0.3, -0.25) is 14.4 Å². The van der Waals surface area contributed by atoms with Crippen LogP contribution < -0.4 is 15.8 Å². The first-order valence-electron chi connectivity index (χ1n) is 12.8. The van der Waals surface area contributed by atoms with Crippen LogP contribution in [0.1, 0.15) is 30.4 Å². The maximum Gasteiger partial charge on any atom is 0.327 e. The van der Waals surface area contributed by atoms with Crippen LogP contribution >= 0.6 is 7.60 Å². The molecule has 2 heterocycles. The van der Waals surface area contributed by atoms with Gasteiger partial charge in [0.1, 0.15) is 17.9 Å². The molecule has 0 saturated heterocycles. The fraction of sp³-hybridized carbons (Fsp3) is 0.357. The van der Waals surface area contributed by atoms with E-state index in [4.69, 9.17) is 25.0 Å². The summed E-state index contributed by atoms with van der Waals surface area (Å²) in [6.45, 7) is 2.54. The van der Waals surface area contributed by atoms with Gasteiger partial charge in [0.05, 0.1) is 37.0 Å². The van der Waals surface area contributed by atoms with Gasteiger partial charge in [0.15, 0.2) is 0 Å². The first-order chi connectivity index (χ1) is 18.6. The molecule has 3 aliphatic rings. The molecule has 39 heavy (non-hydrogen) atoms. The fourth-order valence-corrected chi connectivity index (χ4v) is 5.20. The Morgan fingerprint density at radius 2 is 1.95 bits per heavy atom. The van der Waals surface area contributed by atoms with Gasteiger partial charge in [-0.25, -0.2) is 0 Å². The van der Waals surface area contributed by atoms with E-state index in [0.717, 1.165) is 41.0 Å². The van der Waals surface area contributed by atoms with Crippen molar-refractivity contribution in [2.24, 2.45) is 10.7 Å². The van der Waals surface area contributed by atoms with Crippen LogP contribution in [0.5, 0.6) is 5.75 Å². The Morgan fingerprint density at radius 1 is 1.13 bits per heavy atom. The van der Waals surface area contributed by atoms with Crippen molar-refractivity contribution < 1.29 is 33.7 Å². The largest absolute Gasteiger partial charge is 0.491 e. The molecule has 11 heteroatoms. The number of hydrogen-bond donors (Lipinski definition) is 5. The molecule has 6 N–H and O–H groups in total. The van der Waals surface area contributed by atoms with Gasteiger partial charge >= 0.3 is 13.6 Å². The molecular weight excluding hydrogens is 521 g/mol. The van der Waals surface area contributed by atoms with E-state index < -0.39 is 19.1 Å². The Kier molecular flexibility index (Phi) is 8.92. The van der Waals surface area contributed by atoms with Gasteiger partial charge in [0.2, 0.25) is 0 Å². The Balaban J connectivity index is 1.36. The van der Waals surface area contributed by atoms with Gasteiger partial charge in [-0.2, -0.15) is 0 Å². The molecule has 2 aliphatic heterocycles. The number of aliphatic imine (C=N–C) groups is 1. The molecular formula is C28H34N3O7P. The van der Waals surface area contributed by atoms with Crippen LogP contribution in [0.3, 0.4) is 0 Å². The van der Waals surface area contributed by atoms with Crippen molar-refractivity contribution in [3.05, 3.63) is 88.4 Å². The lowest BCUT2D eigenvalue weighted by atomic mass is 9.73. The number of dihydropyridines is 1. The zero-order valence-electron chi connectivity index (χ0n) is 21.8. The number of carbonyl (C=O) groups is 1. The number of aryl methyl sites for hydroxylation is 2. The molecule has 1 aromatic rings. The molecule has 10 nitrogen and oxygen atoms in total. The Labute approximate surface area is 227 Å². The minimum Gasteiger partial charge on any atom is -0.491 e. The number of nitrogens with two attached hydrogens (primary N) is 1. The normalized spacial score (nSPS) is 19.9. The van der Waals surface area contributed by atoms with Crippen molar-refractivity contribution >= 4 is 19.3 Å². The Hall–Kier alpha value is -3.43. The molecule has 0 saturated carbocycles. The summed E-state index contributed by atoms with van der Waals surface area (Å²) in [5.41, 5.74) is 12.0. The molecule has 0 bridgehead atoms. The molecule has 0 radical (unpaired) electrons. The minimum absolute atomic E-state index is 0.0145. The second kappa shape index (κ2) is 12.2. The number of nitrogens with one attached hydrogen (secondary N) is 1. The van der Waals surface area contributed by atoms with Crippen LogP contribution in [0.25, 0.3) is 0 Å². The number of rotatable bonds is 13. The highest BCUT2D eigenvalue weighted by atomic mass is 31.2. The molecule has 1 atom stereocenters. The molecule has 0 aromatic heterocycles. The zero-order valence-corrected chi connectivity index (χ0v) is 22.7. The van der Waals surface area contributed by atoms with Crippen molar-refractivity contribution in [2.45, 2.75) is 38.1 Å². The highest BCUT2D eigenvalue weighted by Gasteiger charge is 2.44. The van der Waals surface area contributed by atoms with Crippen LogP contribution in [0.2, 0.25) is 0 Å². The molecule has 1 unspecified atom stereocenters. The van der Waals surface area contributed by atoms with Crippen LogP contribution in [0.4, 0.5) is 0 Å². The van der Waals surface area contributed by atoms with E-state index in [0.29, 0.717) is 17.9 Å². The van der Waals surface area contributed by atoms with Crippen molar-refractivity contribution in [1.29, 1.82) is 0 Å². The summed E-state index contributed by atoms with van der Waals surface area (Å²) in [4.78, 5) is 33.5. The number of ether oxygens (including phenoxy) is 2. The summed E-state index contributed by atoms with van der Waals surface area (Å²) >= 11 is 0. The lowest BCUT2D eigenvalue weighted by molar-refractivity contribution is -0.136. The maximum absolute atomic E-state index is 11.2. The van der Waals surface area contributed by atoms with E-state index in [1.165, 1.54) is 5.56 Å². The van der Waals surface area contributed by atoms with Crippen molar-refractivity contribution in [3.63, 3.8) is 0 Å². The van der Waals surface area contributed by atoms with Crippen LogP contribution in [-0.2, 0) is 20.5 Å². The predicted octanol–water partition coefficient (Wildman–Crippen LogP) is 3.27. The highest BCUT2D eigenvalue weighted by Crippen LogP contribution is 2.39. The van der Waals surface area contributed by atoms with Crippen molar-refractivity contribution in [1.82, 2.24) is 5.32 Å². The lowest BCUT2D eigenvalue weighted by Gasteiger charge is -2.43. The second-order valence-corrected chi connectivity index (χ2v) is 11.4. The van der Waals surface area contributed by atoms with Crippen molar-refractivity contribution in [3.8, 4) is 5.75 Å². The van der Waals surface area contributed by atoms with E-state index in [2.05, 4.69) is 10.3 Å². The van der Waals surface area contributed by atoms with Crippen LogP contribution in [0, 0.1) is 6.92 Å². The first kappa shape index (κ1) is 28.6. The number of aliphatic carboxylic acids is 1. The van der Waals surface area contributed by atoms with E-state index in [9.17, 15) is 14.5 Å². The number of carboxylic acid groups (broad SMARTS) is 1. The lowest BCUT2D eigenvalue weighted by Crippen LogP contribution is -2.56. The van der Waals surface area contributed by atoms with Crippen LogP contribution in [-0.4, -0.2) is 58.1 Å². The number of nitrogens with zero attached hydrogens (tertiary/aromatic N) is 1. The SMILES string of the molecule is Cc1cc(OCCOCCP(=O)(O)O)ccc1CCC1=CC=C2C(N)=CN=C3C(CCC(=O)O)=CC=CC23N1. The molecule has 1 aromatic carbocycles. The van der Waals surface area contributed by atoms with Gasteiger partial charge in [-0.1, -0.05) is 24.3 Å². The second-order valence-electron chi connectivity index (χ2n) is 9.65. The molecule has 4 rings (SSSR count). The van der Waals surface area contributed by atoms with Gasteiger partial charge in [0, 0.05) is 17.7 Å². The quantitative estimate of drug-likeness (QED) is 0.182. The molecule has 0 amide bonds.